The van der Waals surface area contributed by atoms with Gasteiger partial charge in [-0.05, 0) is 42.4 Å². The molecule has 2 nitrogen and oxygen atoms in total. The normalized spacial score (nSPS) is 25.4. The monoisotopic (exact) mass is 230 g/mol. The standard InChI is InChI=1S/C15H22N2/c1-4-12-6-10-5-11-7-13(9(2)3)17-15(11)8-14(10)16-12/h5,8-9,12-13,16-17H,4,6-7H2,1-3H3. The summed E-state index contributed by atoms with van der Waals surface area (Å²) < 4.78 is 0. The van der Waals surface area contributed by atoms with Crippen molar-refractivity contribution < 1.29 is 0 Å². The summed E-state index contributed by atoms with van der Waals surface area (Å²) in [5, 5.41) is 7.27. The quantitative estimate of drug-likeness (QED) is 0.813. The number of benzene rings is 1. The molecule has 2 heteroatoms. The van der Waals surface area contributed by atoms with Crippen molar-refractivity contribution in [2.24, 2.45) is 5.92 Å². The molecule has 2 aliphatic heterocycles. The van der Waals surface area contributed by atoms with E-state index in [1.165, 1.54) is 41.8 Å². The Kier molecular flexibility index (Phi) is 2.53. The van der Waals surface area contributed by atoms with Gasteiger partial charge in [-0.1, -0.05) is 26.8 Å². The zero-order valence-corrected chi connectivity index (χ0v) is 11.0. The van der Waals surface area contributed by atoms with Gasteiger partial charge in [-0.2, -0.15) is 0 Å². The summed E-state index contributed by atoms with van der Waals surface area (Å²) in [6.45, 7) is 6.84. The Bertz CT molecular complexity index is 402. The number of hydrogen-bond acceptors (Lipinski definition) is 2. The molecule has 2 atom stereocenters. The average molecular weight is 230 g/mol. The van der Waals surface area contributed by atoms with Gasteiger partial charge in [0, 0.05) is 23.5 Å². The van der Waals surface area contributed by atoms with Gasteiger partial charge in [-0.3, -0.25) is 0 Å². The van der Waals surface area contributed by atoms with Crippen molar-refractivity contribution in [3.05, 3.63) is 23.3 Å². The van der Waals surface area contributed by atoms with E-state index in [2.05, 4.69) is 43.5 Å². The minimum atomic E-state index is 0.620. The maximum absolute atomic E-state index is 3.66. The SMILES string of the molecule is CCC1Cc2cc3c(cc2N1)NC(C(C)C)C3. The maximum Gasteiger partial charge on any atom is 0.0396 e. The second-order valence-electron chi connectivity index (χ2n) is 5.82. The Morgan fingerprint density at radius 3 is 2.53 bits per heavy atom. The molecule has 0 saturated carbocycles. The molecular formula is C15H22N2. The van der Waals surface area contributed by atoms with Gasteiger partial charge in [0.2, 0.25) is 0 Å². The van der Waals surface area contributed by atoms with Crippen LogP contribution in [0.15, 0.2) is 12.1 Å². The van der Waals surface area contributed by atoms with Crippen molar-refractivity contribution >= 4 is 11.4 Å². The van der Waals surface area contributed by atoms with E-state index in [-0.39, 0.29) is 0 Å². The van der Waals surface area contributed by atoms with E-state index in [1.807, 2.05) is 0 Å². The fraction of sp³-hybridized carbons (Fsp3) is 0.600. The second kappa shape index (κ2) is 3.94. The lowest BCUT2D eigenvalue weighted by molar-refractivity contribution is 0.538. The highest BCUT2D eigenvalue weighted by molar-refractivity contribution is 5.70. The number of anilines is 2. The molecule has 0 aromatic heterocycles. The average Bonchev–Trinajstić information content (AvgIpc) is 2.87. The van der Waals surface area contributed by atoms with Crippen LogP contribution in [-0.4, -0.2) is 12.1 Å². The summed E-state index contributed by atoms with van der Waals surface area (Å²) in [5.74, 6) is 0.702. The molecule has 2 heterocycles. The first-order chi connectivity index (χ1) is 8.17. The van der Waals surface area contributed by atoms with Gasteiger partial charge in [-0.25, -0.2) is 0 Å². The molecule has 0 spiro atoms. The zero-order valence-electron chi connectivity index (χ0n) is 11.0. The molecule has 92 valence electrons. The maximum atomic E-state index is 3.66. The van der Waals surface area contributed by atoms with E-state index in [0.717, 1.165) is 0 Å². The predicted molar refractivity (Wildman–Crippen MR) is 73.8 cm³/mol. The fourth-order valence-electron chi connectivity index (χ4n) is 2.97. The minimum absolute atomic E-state index is 0.620. The highest BCUT2D eigenvalue weighted by atomic mass is 15.0. The topological polar surface area (TPSA) is 24.1 Å². The third-order valence-electron chi connectivity index (χ3n) is 4.23. The van der Waals surface area contributed by atoms with Crippen LogP contribution in [0.1, 0.15) is 38.3 Å². The van der Waals surface area contributed by atoms with Gasteiger partial charge >= 0.3 is 0 Å². The second-order valence-corrected chi connectivity index (χ2v) is 5.82. The molecule has 2 aliphatic rings. The Morgan fingerprint density at radius 1 is 1.12 bits per heavy atom. The summed E-state index contributed by atoms with van der Waals surface area (Å²) in [4.78, 5) is 0. The van der Waals surface area contributed by atoms with Crippen LogP contribution in [0.3, 0.4) is 0 Å². The molecular weight excluding hydrogens is 208 g/mol. The first-order valence-corrected chi connectivity index (χ1v) is 6.86. The number of fused-ring (bicyclic) bond motifs is 2. The largest absolute Gasteiger partial charge is 0.382 e. The van der Waals surface area contributed by atoms with E-state index in [0.29, 0.717) is 18.0 Å². The molecule has 0 fully saturated rings. The van der Waals surface area contributed by atoms with Crippen LogP contribution in [0, 0.1) is 5.92 Å². The lowest BCUT2D eigenvalue weighted by Gasteiger charge is -2.15. The molecule has 2 N–H and O–H groups in total. The molecule has 0 radical (unpaired) electrons. The summed E-state index contributed by atoms with van der Waals surface area (Å²) in [6, 6.07) is 6.01. The molecule has 3 rings (SSSR count). The van der Waals surface area contributed by atoms with E-state index in [1.54, 1.807) is 0 Å². The highest BCUT2D eigenvalue weighted by Gasteiger charge is 2.27. The lowest BCUT2D eigenvalue weighted by Crippen LogP contribution is -2.21. The van der Waals surface area contributed by atoms with Crippen LogP contribution in [-0.2, 0) is 12.8 Å². The molecule has 1 aromatic carbocycles. The van der Waals surface area contributed by atoms with Gasteiger partial charge in [0.1, 0.15) is 0 Å². The van der Waals surface area contributed by atoms with Crippen LogP contribution in [0.25, 0.3) is 0 Å². The van der Waals surface area contributed by atoms with Gasteiger partial charge in [0.15, 0.2) is 0 Å². The van der Waals surface area contributed by atoms with E-state index >= 15 is 0 Å². The van der Waals surface area contributed by atoms with Crippen molar-refractivity contribution in [2.75, 3.05) is 10.6 Å². The van der Waals surface area contributed by atoms with Gasteiger partial charge < -0.3 is 10.6 Å². The number of hydrogen-bond donors (Lipinski definition) is 2. The smallest absolute Gasteiger partial charge is 0.0396 e. The Hall–Kier alpha value is -1.18. The fourth-order valence-corrected chi connectivity index (χ4v) is 2.97. The van der Waals surface area contributed by atoms with Crippen molar-refractivity contribution in [1.29, 1.82) is 0 Å². The molecule has 0 saturated heterocycles. The molecule has 0 aliphatic carbocycles. The third kappa shape index (κ3) is 1.80. The molecule has 0 amide bonds. The third-order valence-corrected chi connectivity index (χ3v) is 4.23. The highest BCUT2D eigenvalue weighted by Crippen LogP contribution is 2.37. The lowest BCUT2D eigenvalue weighted by atomic mass is 9.99. The molecule has 2 unspecified atom stereocenters. The first-order valence-electron chi connectivity index (χ1n) is 6.86. The van der Waals surface area contributed by atoms with Crippen molar-refractivity contribution in [2.45, 2.75) is 52.1 Å². The van der Waals surface area contributed by atoms with Crippen LogP contribution in [0.4, 0.5) is 11.4 Å². The van der Waals surface area contributed by atoms with Crippen molar-refractivity contribution in [3.63, 3.8) is 0 Å². The van der Waals surface area contributed by atoms with Crippen molar-refractivity contribution in [1.82, 2.24) is 0 Å². The Balaban J connectivity index is 1.87. The first kappa shape index (κ1) is 10.9. The van der Waals surface area contributed by atoms with Gasteiger partial charge in [0.05, 0.1) is 0 Å². The van der Waals surface area contributed by atoms with Crippen LogP contribution >= 0.6 is 0 Å². The molecule has 17 heavy (non-hydrogen) atoms. The Labute approximate surface area is 104 Å². The number of rotatable bonds is 2. The summed E-state index contributed by atoms with van der Waals surface area (Å²) >= 11 is 0. The van der Waals surface area contributed by atoms with Crippen LogP contribution in [0.5, 0.6) is 0 Å². The summed E-state index contributed by atoms with van der Waals surface area (Å²) in [7, 11) is 0. The van der Waals surface area contributed by atoms with Crippen LogP contribution in [0.2, 0.25) is 0 Å². The van der Waals surface area contributed by atoms with Gasteiger partial charge in [0.25, 0.3) is 0 Å². The van der Waals surface area contributed by atoms with E-state index in [9.17, 15) is 0 Å². The number of nitrogens with one attached hydrogen (secondary N) is 2. The molecule has 0 bridgehead atoms. The Morgan fingerprint density at radius 2 is 1.82 bits per heavy atom. The summed E-state index contributed by atoms with van der Waals surface area (Å²) in [6.07, 6.45) is 3.60. The van der Waals surface area contributed by atoms with E-state index in [4.69, 9.17) is 0 Å². The summed E-state index contributed by atoms with van der Waals surface area (Å²) in [5.41, 5.74) is 5.74. The minimum Gasteiger partial charge on any atom is -0.382 e. The predicted octanol–water partition coefficient (Wildman–Crippen LogP) is 3.43. The van der Waals surface area contributed by atoms with E-state index < -0.39 is 0 Å². The van der Waals surface area contributed by atoms with Crippen LogP contribution < -0.4 is 10.6 Å². The molecule has 1 aromatic rings. The zero-order chi connectivity index (χ0) is 12.0. The van der Waals surface area contributed by atoms with Gasteiger partial charge in [-0.15, -0.1) is 0 Å². The van der Waals surface area contributed by atoms with Crippen molar-refractivity contribution in [3.8, 4) is 0 Å².